The molecule has 0 saturated heterocycles. The highest BCUT2D eigenvalue weighted by Crippen LogP contribution is 2.32. The predicted octanol–water partition coefficient (Wildman–Crippen LogP) is 1.79. The molecule has 6 heteroatoms. The summed E-state index contributed by atoms with van der Waals surface area (Å²) in [6.07, 6.45) is 3.18. The molecule has 4 nitrogen and oxygen atoms in total. The summed E-state index contributed by atoms with van der Waals surface area (Å²) in [6.45, 7) is 1.83. The number of hydrogen-bond donors (Lipinski definition) is 2. The maximum Gasteiger partial charge on any atom is 0.241 e. The van der Waals surface area contributed by atoms with Gasteiger partial charge < -0.3 is 5.73 Å². The fourth-order valence-corrected chi connectivity index (χ4v) is 3.17. The van der Waals surface area contributed by atoms with Crippen LogP contribution >= 0.6 is 0 Å². The lowest BCUT2D eigenvalue weighted by Crippen LogP contribution is -2.26. The van der Waals surface area contributed by atoms with Gasteiger partial charge >= 0.3 is 0 Å². The van der Waals surface area contributed by atoms with Crippen LogP contribution in [0.5, 0.6) is 0 Å². The Morgan fingerprint density at radius 1 is 1.44 bits per heavy atom. The van der Waals surface area contributed by atoms with E-state index in [4.69, 9.17) is 5.73 Å². The van der Waals surface area contributed by atoms with Crippen LogP contribution in [0.25, 0.3) is 0 Å². The van der Waals surface area contributed by atoms with Gasteiger partial charge in [0.05, 0.1) is 4.90 Å². The minimum absolute atomic E-state index is 0.0733. The van der Waals surface area contributed by atoms with Crippen LogP contribution in [0.4, 0.5) is 10.1 Å². The van der Waals surface area contributed by atoms with Gasteiger partial charge in [-0.2, -0.15) is 0 Å². The first-order valence-corrected chi connectivity index (χ1v) is 7.44. The number of nitrogens with two attached hydrogens (primary N) is 1. The Morgan fingerprint density at radius 3 is 2.72 bits per heavy atom. The fraction of sp³-hybridized carbons (Fsp3) is 0.500. The van der Waals surface area contributed by atoms with Gasteiger partial charge in [0.25, 0.3) is 0 Å². The fourth-order valence-electron chi connectivity index (χ4n) is 1.83. The number of sulfonamides is 1. The summed E-state index contributed by atoms with van der Waals surface area (Å²) in [5.41, 5.74) is 5.69. The van der Waals surface area contributed by atoms with E-state index in [0.717, 1.165) is 12.5 Å². The summed E-state index contributed by atoms with van der Waals surface area (Å²) in [5, 5.41) is 0. The molecule has 1 aromatic carbocycles. The Labute approximate surface area is 106 Å². The van der Waals surface area contributed by atoms with Gasteiger partial charge in [0, 0.05) is 17.8 Å². The second kappa shape index (κ2) is 4.85. The van der Waals surface area contributed by atoms with Crippen LogP contribution in [0.15, 0.2) is 17.0 Å². The number of nitrogens with one attached hydrogen (secondary N) is 1. The minimum atomic E-state index is -3.67. The zero-order valence-electron chi connectivity index (χ0n) is 10.2. The lowest BCUT2D eigenvalue weighted by atomic mass is 10.2. The highest BCUT2D eigenvalue weighted by Gasteiger charge is 2.23. The van der Waals surface area contributed by atoms with Gasteiger partial charge in [0.2, 0.25) is 10.0 Å². The van der Waals surface area contributed by atoms with Crippen molar-refractivity contribution in [1.82, 2.24) is 4.72 Å². The normalized spacial score (nSPS) is 15.9. The van der Waals surface area contributed by atoms with Crippen molar-refractivity contribution >= 4 is 15.7 Å². The Kier molecular flexibility index (Phi) is 3.59. The third kappa shape index (κ3) is 3.00. The van der Waals surface area contributed by atoms with Gasteiger partial charge in [-0.25, -0.2) is 17.5 Å². The first kappa shape index (κ1) is 13.3. The lowest BCUT2D eigenvalue weighted by Gasteiger charge is -2.10. The molecule has 0 spiro atoms. The molecule has 2 rings (SSSR count). The minimum Gasteiger partial charge on any atom is -0.399 e. The van der Waals surface area contributed by atoms with Crippen LogP contribution in [-0.2, 0) is 10.0 Å². The van der Waals surface area contributed by atoms with Gasteiger partial charge in [-0.3, -0.25) is 0 Å². The average Bonchev–Trinajstić information content (AvgIpc) is 3.07. The number of nitrogen functional groups attached to an aromatic ring is 1. The van der Waals surface area contributed by atoms with E-state index in [0.29, 0.717) is 12.5 Å². The van der Waals surface area contributed by atoms with Gasteiger partial charge in [-0.15, -0.1) is 0 Å². The molecule has 0 aliphatic heterocycles. The lowest BCUT2D eigenvalue weighted by molar-refractivity contribution is 0.569. The maximum absolute atomic E-state index is 13.5. The van der Waals surface area contributed by atoms with E-state index in [1.165, 1.54) is 25.8 Å². The molecule has 1 aliphatic rings. The van der Waals surface area contributed by atoms with Crippen molar-refractivity contribution in [2.24, 2.45) is 5.92 Å². The molecular formula is C12H17FN2O2S. The van der Waals surface area contributed by atoms with Crippen LogP contribution in [-0.4, -0.2) is 15.0 Å². The number of anilines is 1. The quantitative estimate of drug-likeness (QED) is 0.803. The second-order valence-electron chi connectivity index (χ2n) is 4.76. The molecule has 0 aromatic heterocycles. The summed E-state index contributed by atoms with van der Waals surface area (Å²) in [4.78, 5) is -0.0733. The SMILES string of the molecule is Cc1c(F)cc(N)cc1S(=O)(=O)NCCC1CC1. The van der Waals surface area contributed by atoms with Gasteiger partial charge in [0.15, 0.2) is 0 Å². The number of benzene rings is 1. The average molecular weight is 272 g/mol. The van der Waals surface area contributed by atoms with Crippen molar-refractivity contribution in [1.29, 1.82) is 0 Å². The molecular weight excluding hydrogens is 255 g/mol. The Morgan fingerprint density at radius 2 is 2.11 bits per heavy atom. The Balaban J connectivity index is 2.17. The van der Waals surface area contributed by atoms with E-state index in [9.17, 15) is 12.8 Å². The van der Waals surface area contributed by atoms with E-state index in [1.54, 1.807) is 0 Å². The molecule has 0 atom stereocenters. The molecule has 0 radical (unpaired) electrons. The molecule has 1 saturated carbocycles. The second-order valence-corrected chi connectivity index (χ2v) is 6.49. The van der Waals surface area contributed by atoms with Gasteiger partial charge in [-0.05, 0) is 31.4 Å². The Bertz CT molecular complexity index is 553. The smallest absolute Gasteiger partial charge is 0.241 e. The number of rotatable bonds is 5. The third-order valence-corrected chi connectivity index (χ3v) is 4.74. The third-order valence-electron chi connectivity index (χ3n) is 3.15. The molecule has 3 N–H and O–H groups in total. The summed E-state index contributed by atoms with van der Waals surface area (Å²) in [7, 11) is -3.67. The predicted molar refractivity (Wildman–Crippen MR) is 68.1 cm³/mol. The number of hydrogen-bond acceptors (Lipinski definition) is 3. The van der Waals surface area contributed by atoms with Crippen LogP contribution in [0.3, 0.4) is 0 Å². The molecule has 0 amide bonds. The van der Waals surface area contributed by atoms with E-state index >= 15 is 0 Å². The van der Waals surface area contributed by atoms with Crippen molar-refractivity contribution in [2.75, 3.05) is 12.3 Å². The molecule has 18 heavy (non-hydrogen) atoms. The summed E-state index contributed by atoms with van der Waals surface area (Å²) in [6, 6.07) is 2.41. The Hall–Kier alpha value is -1.14. The molecule has 0 bridgehead atoms. The van der Waals surface area contributed by atoms with Crippen molar-refractivity contribution < 1.29 is 12.8 Å². The molecule has 1 fully saturated rings. The molecule has 1 aromatic rings. The highest BCUT2D eigenvalue weighted by atomic mass is 32.2. The molecule has 1 aliphatic carbocycles. The standard InChI is InChI=1S/C12H17FN2O2S/c1-8-11(13)6-10(14)7-12(8)18(16,17)15-5-4-9-2-3-9/h6-7,9,15H,2-5,14H2,1H3. The summed E-state index contributed by atoms with van der Waals surface area (Å²) < 4.78 is 40.0. The van der Waals surface area contributed by atoms with Crippen LogP contribution < -0.4 is 10.5 Å². The highest BCUT2D eigenvalue weighted by molar-refractivity contribution is 7.89. The first-order valence-electron chi connectivity index (χ1n) is 5.95. The van der Waals surface area contributed by atoms with Gasteiger partial charge in [0.1, 0.15) is 5.82 Å². The maximum atomic E-state index is 13.5. The van der Waals surface area contributed by atoms with Crippen LogP contribution in [0.2, 0.25) is 0 Å². The van der Waals surface area contributed by atoms with Crippen molar-refractivity contribution in [3.63, 3.8) is 0 Å². The van der Waals surface area contributed by atoms with Crippen LogP contribution in [0, 0.1) is 18.7 Å². The number of halogens is 1. The van der Waals surface area contributed by atoms with E-state index in [2.05, 4.69) is 4.72 Å². The zero-order chi connectivity index (χ0) is 13.3. The van der Waals surface area contributed by atoms with E-state index in [-0.39, 0.29) is 16.1 Å². The van der Waals surface area contributed by atoms with E-state index < -0.39 is 15.8 Å². The zero-order valence-corrected chi connectivity index (χ0v) is 11.1. The van der Waals surface area contributed by atoms with Crippen molar-refractivity contribution in [2.45, 2.75) is 31.1 Å². The summed E-state index contributed by atoms with van der Waals surface area (Å²) >= 11 is 0. The van der Waals surface area contributed by atoms with Crippen molar-refractivity contribution in [3.8, 4) is 0 Å². The molecule has 0 heterocycles. The summed E-state index contributed by atoms with van der Waals surface area (Å²) in [5.74, 6) is 0.0453. The van der Waals surface area contributed by atoms with E-state index in [1.807, 2.05) is 0 Å². The van der Waals surface area contributed by atoms with Crippen LogP contribution in [0.1, 0.15) is 24.8 Å². The molecule has 100 valence electrons. The van der Waals surface area contributed by atoms with Gasteiger partial charge in [-0.1, -0.05) is 12.8 Å². The van der Waals surface area contributed by atoms with Crippen molar-refractivity contribution in [3.05, 3.63) is 23.5 Å². The first-order chi connectivity index (χ1) is 8.40. The topological polar surface area (TPSA) is 72.2 Å². The largest absolute Gasteiger partial charge is 0.399 e. The molecule has 0 unspecified atom stereocenters. The monoisotopic (exact) mass is 272 g/mol.